The Morgan fingerprint density at radius 2 is 1.88 bits per heavy atom. The summed E-state index contributed by atoms with van der Waals surface area (Å²) in [6, 6.07) is 14.3. The fourth-order valence-electron chi connectivity index (χ4n) is 3.16. The molecule has 0 spiro atoms. The van der Waals surface area contributed by atoms with E-state index in [0.29, 0.717) is 29.1 Å². The number of carbonyl (C=O) groups excluding carboxylic acids is 1. The van der Waals surface area contributed by atoms with Crippen LogP contribution < -0.4 is 10.9 Å². The van der Waals surface area contributed by atoms with Gasteiger partial charge in [-0.25, -0.2) is 0 Å². The zero-order chi connectivity index (χ0) is 18.1. The molecule has 0 fully saturated rings. The first-order valence-electron chi connectivity index (χ1n) is 8.27. The molecule has 0 saturated carbocycles. The first-order valence-corrected chi connectivity index (χ1v) is 8.65. The Labute approximate surface area is 154 Å². The number of hydrogen-bond acceptors (Lipinski definition) is 2. The summed E-state index contributed by atoms with van der Waals surface area (Å²) in [5.41, 5.74) is 2.83. The molecule has 5 nitrogen and oxygen atoms in total. The first kappa shape index (κ1) is 16.4. The Morgan fingerprint density at radius 3 is 2.77 bits per heavy atom. The second-order valence-corrected chi connectivity index (χ2v) is 6.54. The number of aromatic amines is 2. The molecule has 4 aromatic rings. The second-order valence-electron chi connectivity index (χ2n) is 6.10. The third-order valence-corrected chi connectivity index (χ3v) is 4.64. The summed E-state index contributed by atoms with van der Waals surface area (Å²) in [6.45, 7) is 0.458. The zero-order valence-corrected chi connectivity index (χ0v) is 14.6. The van der Waals surface area contributed by atoms with Gasteiger partial charge in [-0.15, -0.1) is 0 Å². The zero-order valence-electron chi connectivity index (χ0n) is 13.8. The molecule has 2 aromatic heterocycles. The lowest BCUT2D eigenvalue weighted by Gasteiger charge is -2.07. The van der Waals surface area contributed by atoms with Crippen LogP contribution in [0.3, 0.4) is 0 Å². The van der Waals surface area contributed by atoms with Crippen molar-refractivity contribution < 1.29 is 4.79 Å². The lowest BCUT2D eigenvalue weighted by atomic mass is 10.1. The van der Waals surface area contributed by atoms with Crippen molar-refractivity contribution in [1.29, 1.82) is 0 Å². The van der Waals surface area contributed by atoms with Crippen molar-refractivity contribution >= 4 is 39.3 Å². The number of pyridine rings is 1. The van der Waals surface area contributed by atoms with E-state index in [1.165, 1.54) is 6.07 Å². The lowest BCUT2D eigenvalue weighted by molar-refractivity contribution is 0.0955. The highest BCUT2D eigenvalue weighted by Crippen LogP contribution is 2.22. The normalized spacial score (nSPS) is 11.1. The minimum Gasteiger partial charge on any atom is -0.361 e. The van der Waals surface area contributed by atoms with E-state index in [0.717, 1.165) is 21.9 Å². The summed E-state index contributed by atoms with van der Waals surface area (Å²) in [7, 11) is 0. The van der Waals surface area contributed by atoms with E-state index in [9.17, 15) is 9.59 Å². The Kier molecular flexibility index (Phi) is 4.22. The SMILES string of the molecule is O=C(NCCc1c[nH]c2ccc(Cl)cc12)c1cc(=O)[nH]c2ccccc12. The molecule has 26 heavy (non-hydrogen) atoms. The van der Waals surface area contributed by atoms with Gasteiger partial charge in [0, 0.05) is 45.6 Å². The van der Waals surface area contributed by atoms with Gasteiger partial charge >= 0.3 is 0 Å². The predicted octanol–water partition coefficient (Wildman–Crippen LogP) is 3.64. The lowest BCUT2D eigenvalue weighted by Crippen LogP contribution is -2.27. The fraction of sp³-hybridized carbons (Fsp3) is 0.100. The van der Waals surface area contributed by atoms with Gasteiger partial charge in [0.1, 0.15) is 0 Å². The number of halogens is 1. The minimum atomic E-state index is -0.292. The van der Waals surface area contributed by atoms with Gasteiger partial charge in [-0.3, -0.25) is 9.59 Å². The average Bonchev–Trinajstić information content (AvgIpc) is 3.03. The summed E-state index contributed by atoms with van der Waals surface area (Å²) in [5, 5.41) is 5.35. The third-order valence-electron chi connectivity index (χ3n) is 4.40. The molecule has 2 aromatic carbocycles. The molecule has 3 N–H and O–H groups in total. The maximum absolute atomic E-state index is 12.6. The van der Waals surface area contributed by atoms with Gasteiger partial charge < -0.3 is 15.3 Å². The highest BCUT2D eigenvalue weighted by molar-refractivity contribution is 6.31. The summed E-state index contributed by atoms with van der Waals surface area (Å²) in [5.74, 6) is -0.259. The Balaban J connectivity index is 1.52. The summed E-state index contributed by atoms with van der Waals surface area (Å²) in [4.78, 5) is 30.3. The smallest absolute Gasteiger partial charge is 0.252 e. The van der Waals surface area contributed by atoms with Gasteiger partial charge in [0.25, 0.3) is 5.91 Å². The standard InChI is InChI=1S/C20H16ClN3O2/c21-13-5-6-17-15(9-13)12(11-23-17)7-8-22-20(26)16-10-19(25)24-18-4-2-1-3-14(16)18/h1-6,9-11,23H,7-8H2,(H,22,26)(H,24,25). The van der Waals surface area contributed by atoms with E-state index in [4.69, 9.17) is 11.6 Å². The van der Waals surface area contributed by atoms with E-state index < -0.39 is 0 Å². The van der Waals surface area contributed by atoms with Crippen LogP contribution in [-0.4, -0.2) is 22.4 Å². The van der Waals surface area contributed by atoms with Crippen LogP contribution in [-0.2, 0) is 6.42 Å². The summed E-state index contributed by atoms with van der Waals surface area (Å²) < 4.78 is 0. The number of aromatic nitrogens is 2. The second kappa shape index (κ2) is 6.69. The van der Waals surface area contributed by atoms with Crippen LogP contribution in [0.2, 0.25) is 5.02 Å². The van der Waals surface area contributed by atoms with E-state index >= 15 is 0 Å². The number of fused-ring (bicyclic) bond motifs is 2. The van der Waals surface area contributed by atoms with Gasteiger partial charge in [0.05, 0.1) is 5.56 Å². The van der Waals surface area contributed by atoms with Crippen LogP contribution in [0, 0.1) is 0 Å². The molecule has 0 aliphatic carbocycles. The molecule has 130 valence electrons. The van der Waals surface area contributed by atoms with Crippen LogP contribution in [0.15, 0.2) is 59.5 Å². The number of rotatable bonds is 4. The first-order chi connectivity index (χ1) is 12.6. The molecule has 0 unspecified atom stereocenters. The maximum atomic E-state index is 12.6. The van der Waals surface area contributed by atoms with Crippen molar-refractivity contribution in [3.8, 4) is 0 Å². The topological polar surface area (TPSA) is 77.8 Å². The number of hydrogen-bond donors (Lipinski definition) is 3. The van der Waals surface area contributed by atoms with Gasteiger partial charge in [-0.1, -0.05) is 29.8 Å². The number of carbonyl (C=O) groups is 1. The van der Waals surface area contributed by atoms with Crippen LogP contribution >= 0.6 is 11.6 Å². The van der Waals surface area contributed by atoms with E-state index in [-0.39, 0.29) is 11.5 Å². The highest BCUT2D eigenvalue weighted by Gasteiger charge is 2.12. The van der Waals surface area contributed by atoms with E-state index in [1.54, 1.807) is 6.07 Å². The molecule has 4 rings (SSSR count). The molecule has 0 saturated heterocycles. The average molecular weight is 366 g/mol. The number of para-hydroxylation sites is 1. The molecule has 1 amide bonds. The molecule has 0 atom stereocenters. The Bertz CT molecular complexity index is 1180. The van der Waals surface area contributed by atoms with Gasteiger partial charge in [0.15, 0.2) is 0 Å². The van der Waals surface area contributed by atoms with Crippen molar-refractivity contribution in [1.82, 2.24) is 15.3 Å². The fourth-order valence-corrected chi connectivity index (χ4v) is 3.33. The Hall–Kier alpha value is -3.05. The van der Waals surface area contributed by atoms with Crippen molar-refractivity contribution in [2.24, 2.45) is 0 Å². The van der Waals surface area contributed by atoms with Gasteiger partial charge in [-0.05, 0) is 36.2 Å². The van der Waals surface area contributed by atoms with Crippen molar-refractivity contribution in [2.75, 3.05) is 6.54 Å². The third kappa shape index (κ3) is 3.09. The van der Waals surface area contributed by atoms with E-state index in [1.807, 2.05) is 42.6 Å². The Morgan fingerprint density at radius 1 is 1.04 bits per heavy atom. The van der Waals surface area contributed by atoms with Crippen molar-refractivity contribution in [3.63, 3.8) is 0 Å². The molecular weight excluding hydrogens is 350 g/mol. The van der Waals surface area contributed by atoms with Crippen LogP contribution in [0.1, 0.15) is 15.9 Å². The maximum Gasteiger partial charge on any atom is 0.252 e. The van der Waals surface area contributed by atoms with Gasteiger partial charge in [0.2, 0.25) is 5.56 Å². The molecule has 0 radical (unpaired) electrons. The van der Waals surface area contributed by atoms with Crippen molar-refractivity contribution in [2.45, 2.75) is 6.42 Å². The number of amides is 1. The largest absolute Gasteiger partial charge is 0.361 e. The number of nitrogens with one attached hydrogen (secondary N) is 3. The molecule has 6 heteroatoms. The van der Waals surface area contributed by atoms with E-state index in [2.05, 4.69) is 15.3 Å². The molecule has 2 heterocycles. The number of benzene rings is 2. The van der Waals surface area contributed by atoms with Gasteiger partial charge in [-0.2, -0.15) is 0 Å². The van der Waals surface area contributed by atoms with Crippen LogP contribution in [0.4, 0.5) is 0 Å². The molecular formula is C20H16ClN3O2. The quantitative estimate of drug-likeness (QED) is 0.516. The molecule has 0 bridgehead atoms. The molecule has 0 aliphatic heterocycles. The van der Waals surface area contributed by atoms with Crippen molar-refractivity contribution in [3.05, 3.63) is 81.2 Å². The van der Waals surface area contributed by atoms with Crippen LogP contribution in [0.25, 0.3) is 21.8 Å². The predicted molar refractivity (Wildman–Crippen MR) is 104 cm³/mol. The number of H-pyrrole nitrogens is 2. The monoisotopic (exact) mass is 365 g/mol. The summed E-state index contributed by atoms with van der Waals surface area (Å²) in [6.07, 6.45) is 2.59. The highest BCUT2D eigenvalue weighted by atomic mass is 35.5. The van der Waals surface area contributed by atoms with Crippen LogP contribution in [0.5, 0.6) is 0 Å². The minimum absolute atomic E-state index is 0.259. The molecule has 0 aliphatic rings. The summed E-state index contributed by atoms with van der Waals surface area (Å²) >= 11 is 6.07.